The third-order valence-electron chi connectivity index (χ3n) is 5.88. The first-order valence-corrected chi connectivity index (χ1v) is 8.84. The normalized spacial score (nSPS) is 28.5. The van der Waals surface area contributed by atoms with Gasteiger partial charge < -0.3 is 10.2 Å². The van der Waals surface area contributed by atoms with Crippen molar-refractivity contribution in [2.45, 2.75) is 38.1 Å². The minimum Gasteiger partial charge on any atom is -0.335 e. The molecule has 0 bridgehead atoms. The first-order valence-electron chi connectivity index (χ1n) is 8.46. The van der Waals surface area contributed by atoms with Crippen molar-refractivity contribution < 1.29 is 4.79 Å². The Labute approximate surface area is 149 Å². The highest BCUT2D eigenvalue weighted by molar-refractivity contribution is 6.30. The zero-order valence-electron chi connectivity index (χ0n) is 13.3. The highest BCUT2D eigenvalue weighted by Gasteiger charge is 2.59. The molecule has 1 spiro atoms. The van der Waals surface area contributed by atoms with Gasteiger partial charge in [-0.1, -0.05) is 23.7 Å². The molecule has 2 unspecified atom stereocenters. The second-order valence-corrected chi connectivity index (χ2v) is 7.55. The van der Waals surface area contributed by atoms with Crippen LogP contribution in [0.4, 0.5) is 0 Å². The summed E-state index contributed by atoms with van der Waals surface area (Å²) in [6, 6.07) is 8.27. The van der Waals surface area contributed by atoms with Crippen molar-refractivity contribution >= 4 is 29.9 Å². The fourth-order valence-electron chi connectivity index (χ4n) is 4.44. The molecule has 23 heavy (non-hydrogen) atoms. The van der Waals surface area contributed by atoms with Gasteiger partial charge in [-0.3, -0.25) is 4.79 Å². The van der Waals surface area contributed by atoms with E-state index >= 15 is 0 Å². The maximum Gasteiger partial charge on any atom is 0.226 e. The van der Waals surface area contributed by atoms with Crippen LogP contribution in [0, 0.1) is 11.3 Å². The van der Waals surface area contributed by atoms with Crippen molar-refractivity contribution in [3.8, 4) is 0 Å². The first-order chi connectivity index (χ1) is 10.7. The number of benzene rings is 1. The van der Waals surface area contributed by atoms with E-state index < -0.39 is 0 Å². The van der Waals surface area contributed by atoms with Crippen molar-refractivity contribution in [3.05, 3.63) is 34.9 Å². The van der Waals surface area contributed by atoms with Crippen LogP contribution in [-0.4, -0.2) is 30.4 Å². The fourth-order valence-corrected chi connectivity index (χ4v) is 4.56. The van der Waals surface area contributed by atoms with Crippen LogP contribution < -0.4 is 5.32 Å². The van der Waals surface area contributed by atoms with E-state index in [9.17, 15) is 4.79 Å². The van der Waals surface area contributed by atoms with Crippen LogP contribution in [0.1, 0.15) is 43.7 Å². The van der Waals surface area contributed by atoms with Gasteiger partial charge >= 0.3 is 0 Å². The Hall–Kier alpha value is -0.770. The predicted molar refractivity (Wildman–Crippen MR) is 95.0 cm³/mol. The van der Waals surface area contributed by atoms with Gasteiger partial charge in [0.05, 0.1) is 6.04 Å². The summed E-state index contributed by atoms with van der Waals surface area (Å²) >= 11 is 5.99. The Morgan fingerprint density at radius 2 is 1.91 bits per heavy atom. The fraction of sp³-hybridized carbons (Fsp3) is 0.611. The smallest absolute Gasteiger partial charge is 0.226 e. The molecule has 1 N–H and O–H groups in total. The summed E-state index contributed by atoms with van der Waals surface area (Å²) in [5, 5.41) is 4.17. The number of rotatable bonds is 2. The van der Waals surface area contributed by atoms with Crippen LogP contribution in [0.5, 0.6) is 0 Å². The minimum atomic E-state index is 0. The lowest BCUT2D eigenvalue weighted by molar-refractivity contribution is -0.134. The van der Waals surface area contributed by atoms with Gasteiger partial charge in [-0.25, -0.2) is 0 Å². The van der Waals surface area contributed by atoms with E-state index in [1.165, 1.54) is 18.4 Å². The van der Waals surface area contributed by atoms with Gasteiger partial charge in [0.25, 0.3) is 0 Å². The lowest BCUT2D eigenvalue weighted by Crippen LogP contribution is -2.36. The summed E-state index contributed by atoms with van der Waals surface area (Å²) in [4.78, 5) is 15.2. The molecule has 1 aliphatic carbocycles. The van der Waals surface area contributed by atoms with Crippen molar-refractivity contribution in [1.82, 2.24) is 10.2 Å². The Balaban J connectivity index is 0.00000156. The van der Waals surface area contributed by atoms with E-state index in [0.29, 0.717) is 11.3 Å². The molecule has 4 rings (SSSR count). The molecule has 2 heterocycles. The van der Waals surface area contributed by atoms with Gasteiger partial charge in [-0.05, 0) is 68.3 Å². The van der Waals surface area contributed by atoms with Gasteiger partial charge in [0, 0.05) is 17.5 Å². The molecule has 1 saturated carbocycles. The third kappa shape index (κ3) is 3.11. The van der Waals surface area contributed by atoms with E-state index in [-0.39, 0.29) is 24.4 Å². The number of nitrogens with zero attached hydrogens (tertiary/aromatic N) is 1. The lowest BCUT2D eigenvalue weighted by atomic mass is 9.91. The average molecular weight is 355 g/mol. The maximum absolute atomic E-state index is 13.0. The Morgan fingerprint density at radius 1 is 1.22 bits per heavy atom. The number of amides is 1. The zero-order chi connectivity index (χ0) is 15.2. The number of hydrogen-bond donors (Lipinski definition) is 1. The van der Waals surface area contributed by atoms with Crippen LogP contribution in [0.25, 0.3) is 0 Å². The van der Waals surface area contributed by atoms with Crippen molar-refractivity contribution in [1.29, 1.82) is 0 Å². The van der Waals surface area contributed by atoms with Crippen molar-refractivity contribution in [3.63, 3.8) is 0 Å². The largest absolute Gasteiger partial charge is 0.335 e. The molecule has 1 aromatic carbocycles. The quantitative estimate of drug-likeness (QED) is 0.875. The molecule has 0 aromatic heterocycles. The van der Waals surface area contributed by atoms with Crippen LogP contribution in [0.3, 0.4) is 0 Å². The Kier molecular flexibility index (Phi) is 4.91. The number of piperidine rings is 1. The SMILES string of the molecule is Cl.O=C(C1CC12CCNCC2)N1CCCC1c1ccc(Cl)cc1. The summed E-state index contributed by atoms with van der Waals surface area (Å²) in [5.41, 5.74) is 1.56. The summed E-state index contributed by atoms with van der Waals surface area (Å²) in [6.07, 6.45) is 5.64. The molecular formula is C18H24Cl2N2O. The molecular weight excluding hydrogens is 331 g/mol. The molecule has 2 aliphatic heterocycles. The molecule has 1 aromatic rings. The van der Waals surface area contributed by atoms with E-state index in [0.717, 1.165) is 43.9 Å². The summed E-state index contributed by atoms with van der Waals surface area (Å²) in [6.45, 7) is 3.06. The number of carbonyl (C=O) groups excluding carboxylic acids is 1. The highest BCUT2D eigenvalue weighted by atomic mass is 35.5. The molecule has 0 radical (unpaired) electrons. The number of carbonyl (C=O) groups is 1. The second-order valence-electron chi connectivity index (χ2n) is 7.11. The molecule has 3 aliphatic rings. The molecule has 126 valence electrons. The second kappa shape index (κ2) is 6.62. The number of likely N-dealkylation sites (tertiary alicyclic amines) is 1. The van der Waals surface area contributed by atoms with Gasteiger partial charge in [0.2, 0.25) is 5.91 Å². The Bertz CT molecular complexity index is 569. The lowest BCUT2D eigenvalue weighted by Gasteiger charge is -2.28. The van der Waals surface area contributed by atoms with Crippen LogP contribution in [0.2, 0.25) is 5.02 Å². The van der Waals surface area contributed by atoms with E-state index in [1.54, 1.807) is 0 Å². The van der Waals surface area contributed by atoms with Crippen LogP contribution >= 0.6 is 24.0 Å². The Morgan fingerprint density at radius 3 is 2.61 bits per heavy atom. The van der Waals surface area contributed by atoms with Gasteiger partial charge in [-0.15, -0.1) is 12.4 Å². The van der Waals surface area contributed by atoms with E-state index in [1.807, 2.05) is 12.1 Å². The van der Waals surface area contributed by atoms with E-state index in [4.69, 9.17) is 11.6 Å². The zero-order valence-corrected chi connectivity index (χ0v) is 14.8. The number of hydrogen-bond acceptors (Lipinski definition) is 2. The van der Waals surface area contributed by atoms with Crippen molar-refractivity contribution in [2.24, 2.45) is 11.3 Å². The summed E-state index contributed by atoms with van der Waals surface area (Å²) < 4.78 is 0. The topological polar surface area (TPSA) is 32.3 Å². The van der Waals surface area contributed by atoms with Gasteiger partial charge in [-0.2, -0.15) is 0 Å². The molecule has 3 fully saturated rings. The van der Waals surface area contributed by atoms with Crippen LogP contribution in [0.15, 0.2) is 24.3 Å². The van der Waals surface area contributed by atoms with Crippen LogP contribution in [-0.2, 0) is 4.79 Å². The van der Waals surface area contributed by atoms with Crippen molar-refractivity contribution in [2.75, 3.05) is 19.6 Å². The first kappa shape index (κ1) is 17.1. The average Bonchev–Trinajstić information content (AvgIpc) is 3.00. The monoisotopic (exact) mass is 354 g/mol. The predicted octanol–water partition coefficient (Wildman–Crippen LogP) is 3.82. The highest BCUT2D eigenvalue weighted by Crippen LogP contribution is 2.59. The molecule has 1 amide bonds. The van der Waals surface area contributed by atoms with E-state index in [2.05, 4.69) is 22.3 Å². The standard InChI is InChI=1S/C18H23ClN2O.ClH/c19-14-5-3-13(4-6-14)16-2-1-11-21(16)17(22)15-12-18(15)7-9-20-10-8-18;/h3-6,15-16,20H,1-2,7-12H2;1H. The third-order valence-corrected chi connectivity index (χ3v) is 6.13. The van der Waals surface area contributed by atoms with Gasteiger partial charge in [0.1, 0.15) is 0 Å². The molecule has 3 nitrogen and oxygen atoms in total. The number of nitrogens with one attached hydrogen (secondary N) is 1. The molecule has 2 saturated heterocycles. The maximum atomic E-state index is 13.0. The molecule has 2 atom stereocenters. The molecule has 5 heteroatoms. The summed E-state index contributed by atoms with van der Waals surface area (Å²) in [5.74, 6) is 0.682. The number of halogens is 2. The van der Waals surface area contributed by atoms with Gasteiger partial charge in [0.15, 0.2) is 0 Å². The summed E-state index contributed by atoms with van der Waals surface area (Å²) in [7, 11) is 0. The minimum absolute atomic E-state index is 0.